The van der Waals surface area contributed by atoms with Crippen LogP contribution in [0.3, 0.4) is 0 Å². The molecule has 0 unspecified atom stereocenters. The second-order valence-electron chi connectivity index (χ2n) is 3.90. The molecule has 0 aromatic carbocycles. The van der Waals surface area contributed by atoms with Crippen LogP contribution in [0.2, 0.25) is 0 Å². The summed E-state index contributed by atoms with van der Waals surface area (Å²) >= 11 is 0. The minimum Gasteiger partial charge on any atom is -0.331 e. The summed E-state index contributed by atoms with van der Waals surface area (Å²) in [4.78, 5) is 0. The van der Waals surface area contributed by atoms with E-state index in [0.717, 1.165) is 58.9 Å². The van der Waals surface area contributed by atoms with Crippen LogP contribution in [0.4, 0.5) is 0 Å². The van der Waals surface area contributed by atoms with Gasteiger partial charge in [-0.3, -0.25) is 0 Å². The standard InChI is InChI=1S/C10H27N5.C2H7N/c1-12-7-8-13-4-2-5-14-9-10-15-6-3-11;1-2-3/h12-15H,2-11H2,1H3;2-3H2,1H3. The van der Waals surface area contributed by atoms with E-state index >= 15 is 0 Å². The van der Waals surface area contributed by atoms with Crippen molar-refractivity contribution in [3.8, 4) is 0 Å². The van der Waals surface area contributed by atoms with Gasteiger partial charge in [-0.2, -0.15) is 0 Å². The van der Waals surface area contributed by atoms with Gasteiger partial charge in [0.25, 0.3) is 0 Å². The monoisotopic (exact) mass is 262 g/mol. The lowest BCUT2D eigenvalue weighted by Gasteiger charge is -2.06. The Morgan fingerprint density at radius 1 is 0.722 bits per heavy atom. The number of likely N-dealkylation sites (N-methyl/N-ethyl adjacent to an activating group) is 1. The second kappa shape index (κ2) is 22.0. The summed E-state index contributed by atoms with van der Waals surface area (Å²) in [7, 11) is 1.97. The van der Waals surface area contributed by atoms with Crippen molar-refractivity contribution in [3.63, 3.8) is 0 Å². The van der Waals surface area contributed by atoms with Gasteiger partial charge >= 0.3 is 0 Å². The minimum absolute atomic E-state index is 0.718. The van der Waals surface area contributed by atoms with Crippen LogP contribution in [0.25, 0.3) is 0 Å². The first-order chi connectivity index (χ1) is 8.83. The quantitative estimate of drug-likeness (QED) is 0.234. The molecule has 0 rings (SSSR count). The van der Waals surface area contributed by atoms with Crippen LogP contribution in [0.15, 0.2) is 0 Å². The molecule has 0 spiro atoms. The largest absolute Gasteiger partial charge is 0.331 e. The van der Waals surface area contributed by atoms with Gasteiger partial charge in [-0.15, -0.1) is 0 Å². The van der Waals surface area contributed by atoms with Crippen molar-refractivity contribution in [2.45, 2.75) is 13.3 Å². The maximum Gasteiger partial charge on any atom is 0.00772 e. The smallest absolute Gasteiger partial charge is 0.00772 e. The molecule has 18 heavy (non-hydrogen) atoms. The molecule has 0 atom stereocenters. The van der Waals surface area contributed by atoms with Gasteiger partial charge in [0.05, 0.1) is 0 Å². The van der Waals surface area contributed by atoms with Crippen LogP contribution in [-0.4, -0.2) is 66.0 Å². The molecular formula is C12H34N6. The van der Waals surface area contributed by atoms with Crippen molar-refractivity contribution >= 4 is 0 Å². The summed E-state index contributed by atoms with van der Waals surface area (Å²) < 4.78 is 0. The van der Waals surface area contributed by atoms with Gasteiger partial charge in [0.2, 0.25) is 0 Å². The van der Waals surface area contributed by atoms with Crippen molar-refractivity contribution in [3.05, 3.63) is 0 Å². The van der Waals surface area contributed by atoms with Crippen LogP contribution < -0.4 is 32.7 Å². The molecule has 6 heteroatoms. The Morgan fingerprint density at radius 2 is 1.17 bits per heavy atom. The van der Waals surface area contributed by atoms with Crippen molar-refractivity contribution < 1.29 is 0 Å². The fourth-order valence-electron chi connectivity index (χ4n) is 1.21. The minimum atomic E-state index is 0.718. The van der Waals surface area contributed by atoms with Crippen molar-refractivity contribution in [1.82, 2.24) is 21.3 Å². The van der Waals surface area contributed by atoms with Crippen LogP contribution in [0, 0.1) is 0 Å². The number of nitrogens with one attached hydrogen (secondary N) is 4. The first kappa shape index (κ1) is 20.1. The lowest BCUT2D eigenvalue weighted by atomic mass is 10.4. The highest BCUT2D eigenvalue weighted by molar-refractivity contribution is 4.55. The summed E-state index contributed by atoms with van der Waals surface area (Å²) in [5.74, 6) is 0. The zero-order valence-electron chi connectivity index (χ0n) is 12.2. The molecule has 0 aliphatic rings. The van der Waals surface area contributed by atoms with Crippen LogP contribution in [-0.2, 0) is 0 Å². The Balaban J connectivity index is 0. The van der Waals surface area contributed by atoms with Gasteiger partial charge in [-0.25, -0.2) is 0 Å². The number of nitrogens with two attached hydrogens (primary N) is 2. The highest BCUT2D eigenvalue weighted by Crippen LogP contribution is 1.72. The first-order valence-corrected chi connectivity index (χ1v) is 7.00. The topological polar surface area (TPSA) is 100 Å². The zero-order chi connectivity index (χ0) is 13.9. The number of hydrogen-bond donors (Lipinski definition) is 6. The lowest BCUT2D eigenvalue weighted by Crippen LogP contribution is -2.32. The highest BCUT2D eigenvalue weighted by atomic mass is 15.0. The van der Waals surface area contributed by atoms with E-state index < -0.39 is 0 Å². The molecule has 112 valence electrons. The Labute approximate surface area is 113 Å². The van der Waals surface area contributed by atoms with Gasteiger partial charge in [0.1, 0.15) is 0 Å². The maximum atomic E-state index is 5.35. The molecule has 0 amide bonds. The van der Waals surface area contributed by atoms with Crippen molar-refractivity contribution in [2.75, 3.05) is 66.0 Å². The van der Waals surface area contributed by atoms with Gasteiger partial charge in [0.15, 0.2) is 0 Å². The van der Waals surface area contributed by atoms with Crippen molar-refractivity contribution in [1.29, 1.82) is 0 Å². The molecule has 6 nitrogen and oxygen atoms in total. The molecule has 0 aromatic rings. The maximum absolute atomic E-state index is 5.35. The van der Waals surface area contributed by atoms with Crippen LogP contribution in [0.1, 0.15) is 13.3 Å². The normalized spacial score (nSPS) is 10.0. The molecule has 0 aliphatic heterocycles. The van der Waals surface area contributed by atoms with E-state index in [-0.39, 0.29) is 0 Å². The lowest BCUT2D eigenvalue weighted by molar-refractivity contribution is 0.570. The fourth-order valence-corrected chi connectivity index (χ4v) is 1.21. The molecule has 0 saturated carbocycles. The van der Waals surface area contributed by atoms with Gasteiger partial charge in [0, 0.05) is 39.3 Å². The molecule has 0 saturated heterocycles. The SMILES string of the molecule is CCN.CNCCNCCCNCCNCCN. The number of rotatable bonds is 12. The van der Waals surface area contributed by atoms with Crippen molar-refractivity contribution in [2.24, 2.45) is 11.5 Å². The average Bonchev–Trinajstić information content (AvgIpc) is 2.37. The van der Waals surface area contributed by atoms with E-state index in [1.165, 1.54) is 6.42 Å². The predicted molar refractivity (Wildman–Crippen MR) is 80.9 cm³/mol. The Bertz CT molecular complexity index is 111. The van der Waals surface area contributed by atoms with E-state index in [2.05, 4.69) is 21.3 Å². The highest BCUT2D eigenvalue weighted by Gasteiger charge is 1.88. The Kier molecular flexibility index (Phi) is 24.5. The van der Waals surface area contributed by atoms with E-state index in [0.29, 0.717) is 0 Å². The van der Waals surface area contributed by atoms with E-state index in [9.17, 15) is 0 Å². The first-order valence-electron chi connectivity index (χ1n) is 7.00. The molecule has 0 aromatic heterocycles. The molecule has 8 N–H and O–H groups in total. The molecule has 0 bridgehead atoms. The molecule has 0 radical (unpaired) electrons. The summed E-state index contributed by atoms with van der Waals surface area (Å²) in [6.45, 7) is 10.6. The third kappa shape index (κ3) is 24.8. The Hall–Kier alpha value is -0.240. The summed E-state index contributed by atoms with van der Waals surface area (Å²) in [5.41, 5.74) is 10.2. The molecular weight excluding hydrogens is 228 g/mol. The van der Waals surface area contributed by atoms with Gasteiger partial charge in [-0.05, 0) is 33.1 Å². The van der Waals surface area contributed by atoms with Gasteiger partial charge in [-0.1, -0.05) is 6.92 Å². The molecule has 0 heterocycles. The predicted octanol–water partition coefficient (Wildman–Crippen LogP) is -1.71. The molecule has 0 aliphatic carbocycles. The third-order valence-corrected chi connectivity index (χ3v) is 2.06. The van der Waals surface area contributed by atoms with E-state index in [4.69, 9.17) is 11.5 Å². The number of hydrogen-bond acceptors (Lipinski definition) is 6. The summed E-state index contributed by atoms with van der Waals surface area (Å²) in [6, 6.07) is 0. The average molecular weight is 262 g/mol. The fraction of sp³-hybridized carbons (Fsp3) is 1.00. The Morgan fingerprint density at radius 3 is 1.61 bits per heavy atom. The van der Waals surface area contributed by atoms with Crippen LogP contribution >= 0.6 is 0 Å². The van der Waals surface area contributed by atoms with E-state index in [1.54, 1.807) is 0 Å². The zero-order valence-corrected chi connectivity index (χ0v) is 12.2. The second-order valence-corrected chi connectivity index (χ2v) is 3.90. The molecule has 0 fully saturated rings. The summed E-state index contributed by atoms with van der Waals surface area (Å²) in [5, 5.41) is 13.1. The van der Waals surface area contributed by atoms with Crippen LogP contribution in [0.5, 0.6) is 0 Å². The summed E-state index contributed by atoms with van der Waals surface area (Å²) in [6.07, 6.45) is 1.18. The van der Waals surface area contributed by atoms with Gasteiger partial charge < -0.3 is 32.7 Å². The third-order valence-electron chi connectivity index (χ3n) is 2.06. The van der Waals surface area contributed by atoms with E-state index in [1.807, 2.05) is 14.0 Å².